The molecule has 1 heterocycles. The molecule has 4 nitrogen and oxygen atoms in total. The molecule has 3 aromatic carbocycles. The third kappa shape index (κ3) is 4.48. The highest BCUT2D eigenvalue weighted by molar-refractivity contribution is 9.10. The van der Waals surface area contributed by atoms with Gasteiger partial charge in [-0.1, -0.05) is 70.0 Å². The van der Waals surface area contributed by atoms with Crippen molar-refractivity contribution >= 4 is 50.4 Å². The first-order chi connectivity index (χ1) is 14.5. The van der Waals surface area contributed by atoms with Crippen LogP contribution >= 0.6 is 27.5 Å². The van der Waals surface area contributed by atoms with Gasteiger partial charge in [0.1, 0.15) is 11.5 Å². The number of benzene rings is 3. The molecule has 0 atom stereocenters. The minimum Gasteiger partial charge on any atom is -0.455 e. The molecule has 0 radical (unpaired) electrons. The zero-order valence-electron chi connectivity index (χ0n) is 16.2. The van der Waals surface area contributed by atoms with E-state index in [0.29, 0.717) is 16.5 Å². The Kier molecular flexibility index (Phi) is 6.02. The van der Waals surface area contributed by atoms with E-state index in [2.05, 4.69) is 26.5 Å². The van der Waals surface area contributed by atoms with Crippen molar-refractivity contribution in [3.05, 3.63) is 93.1 Å². The summed E-state index contributed by atoms with van der Waals surface area (Å²) in [4.78, 5) is 12.3. The van der Waals surface area contributed by atoms with Crippen LogP contribution in [0.3, 0.4) is 0 Å². The number of hydrazone groups is 1. The summed E-state index contributed by atoms with van der Waals surface area (Å²) in [7, 11) is 0. The molecule has 6 heteroatoms. The lowest BCUT2D eigenvalue weighted by Crippen LogP contribution is -2.19. The van der Waals surface area contributed by atoms with Gasteiger partial charge in [0.25, 0.3) is 0 Å². The van der Waals surface area contributed by atoms with Gasteiger partial charge in [-0.25, -0.2) is 5.43 Å². The van der Waals surface area contributed by atoms with Gasteiger partial charge in [0, 0.05) is 15.1 Å². The number of furan rings is 1. The molecule has 30 heavy (non-hydrogen) atoms. The maximum Gasteiger partial charge on any atom is 0.244 e. The van der Waals surface area contributed by atoms with Crippen molar-refractivity contribution in [1.82, 2.24) is 5.43 Å². The zero-order chi connectivity index (χ0) is 21.1. The highest BCUT2D eigenvalue weighted by atomic mass is 79.9. The van der Waals surface area contributed by atoms with Crippen LogP contribution in [0.4, 0.5) is 0 Å². The number of halogens is 2. The average Bonchev–Trinajstić information content (AvgIpc) is 3.21. The number of hydrogen-bond donors (Lipinski definition) is 1. The van der Waals surface area contributed by atoms with Crippen LogP contribution in [0.5, 0.6) is 0 Å². The first kappa shape index (κ1) is 20.4. The highest BCUT2D eigenvalue weighted by Crippen LogP contribution is 2.28. The minimum absolute atomic E-state index is 0.198. The van der Waals surface area contributed by atoms with Crippen molar-refractivity contribution in [2.45, 2.75) is 13.3 Å². The van der Waals surface area contributed by atoms with Crippen molar-refractivity contribution < 1.29 is 9.21 Å². The summed E-state index contributed by atoms with van der Waals surface area (Å²) in [5, 5.41) is 6.82. The summed E-state index contributed by atoms with van der Waals surface area (Å²) >= 11 is 9.73. The molecule has 4 aromatic rings. The Morgan fingerprint density at radius 3 is 2.70 bits per heavy atom. The first-order valence-electron chi connectivity index (χ1n) is 9.35. The number of amides is 1. The smallest absolute Gasteiger partial charge is 0.244 e. The van der Waals surface area contributed by atoms with Gasteiger partial charge in [-0.3, -0.25) is 4.79 Å². The SMILES string of the molecule is Cc1ccc(-c2ccc(/C=N/NC(=O)Cc3ccc(Br)c4ccccc34)o2)cc1Cl. The number of nitrogens with zero attached hydrogens (tertiary/aromatic N) is 1. The van der Waals surface area contributed by atoms with E-state index in [9.17, 15) is 4.79 Å². The topological polar surface area (TPSA) is 54.6 Å². The molecule has 1 aromatic heterocycles. The Labute approximate surface area is 187 Å². The summed E-state index contributed by atoms with van der Waals surface area (Å²) in [6.07, 6.45) is 1.72. The van der Waals surface area contributed by atoms with Gasteiger partial charge in [-0.05, 0) is 53.1 Å². The summed E-state index contributed by atoms with van der Waals surface area (Å²) < 4.78 is 6.77. The van der Waals surface area contributed by atoms with E-state index in [1.165, 1.54) is 6.21 Å². The fourth-order valence-corrected chi connectivity index (χ4v) is 3.84. The molecule has 0 aliphatic heterocycles. The molecule has 0 bridgehead atoms. The van der Waals surface area contributed by atoms with E-state index in [4.69, 9.17) is 16.0 Å². The average molecular weight is 482 g/mol. The number of fused-ring (bicyclic) bond motifs is 1. The van der Waals surface area contributed by atoms with Crippen molar-refractivity contribution in [2.75, 3.05) is 0 Å². The number of carbonyl (C=O) groups excluding carboxylic acids is 1. The second kappa shape index (κ2) is 8.86. The normalized spacial score (nSPS) is 11.3. The fraction of sp³-hybridized carbons (Fsp3) is 0.0833. The predicted molar refractivity (Wildman–Crippen MR) is 125 cm³/mol. The molecule has 0 spiro atoms. The van der Waals surface area contributed by atoms with E-state index in [0.717, 1.165) is 31.9 Å². The predicted octanol–water partition coefficient (Wildman–Crippen LogP) is 6.52. The summed E-state index contributed by atoms with van der Waals surface area (Å²) in [5.74, 6) is 1.03. The second-order valence-corrected chi connectivity index (χ2v) is 8.15. The Bertz CT molecular complexity index is 1260. The monoisotopic (exact) mass is 480 g/mol. The van der Waals surface area contributed by atoms with Gasteiger partial charge in [-0.15, -0.1) is 0 Å². The molecule has 0 unspecified atom stereocenters. The van der Waals surface area contributed by atoms with Crippen molar-refractivity contribution in [1.29, 1.82) is 0 Å². The lowest BCUT2D eigenvalue weighted by Gasteiger charge is -2.07. The van der Waals surface area contributed by atoms with E-state index in [1.54, 1.807) is 6.07 Å². The van der Waals surface area contributed by atoms with Gasteiger partial charge in [0.15, 0.2) is 0 Å². The third-order valence-corrected chi connectivity index (χ3v) is 5.88. The van der Waals surface area contributed by atoms with Crippen LogP contribution in [0.25, 0.3) is 22.1 Å². The Morgan fingerprint density at radius 1 is 1.10 bits per heavy atom. The van der Waals surface area contributed by atoms with Crippen LogP contribution in [0, 0.1) is 6.92 Å². The van der Waals surface area contributed by atoms with Crippen LogP contribution in [0.15, 0.2) is 80.7 Å². The largest absolute Gasteiger partial charge is 0.455 e. The van der Waals surface area contributed by atoms with E-state index < -0.39 is 0 Å². The van der Waals surface area contributed by atoms with Crippen LogP contribution in [0.2, 0.25) is 5.02 Å². The zero-order valence-corrected chi connectivity index (χ0v) is 18.5. The van der Waals surface area contributed by atoms with E-state index in [1.807, 2.05) is 67.6 Å². The van der Waals surface area contributed by atoms with Crippen LogP contribution < -0.4 is 5.43 Å². The molecule has 4 rings (SSSR count). The maximum atomic E-state index is 12.3. The first-order valence-corrected chi connectivity index (χ1v) is 10.5. The third-order valence-electron chi connectivity index (χ3n) is 4.78. The van der Waals surface area contributed by atoms with Gasteiger partial charge in [-0.2, -0.15) is 5.10 Å². The number of nitrogens with one attached hydrogen (secondary N) is 1. The Hall–Kier alpha value is -2.89. The maximum absolute atomic E-state index is 12.3. The Morgan fingerprint density at radius 2 is 1.90 bits per heavy atom. The van der Waals surface area contributed by atoms with Crippen LogP contribution in [-0.2, 0) is 11.2 Å². The van der Waals surface area contributed by atoms with E-state index in [-0.39, 0.29) is 12.3 Å². The summed E-state index contributed by atoms with van der Waals surface area (Å²) in [5.41, 5.74) is 5.40. The fourth-order valence-electron chi connectivity index (χ4n) is 3.18. The highest BCUT2D eigenvalue weighted by Gasteiger charge is 2.09. The molecule has 0 aliphatic carbocycles. The van der Waals surface area contributed by atoms with Crippen molar-refractivity contribution in [3.8, 4) is 11.3 Å². The molecule has 0 fully saturated rings. The Balaban J connectivity index is 1.42. The van der Waals surface area contributed by atoms with Gasteiger partial charge in [0.2, 0.25) is 5.91 Å². The van der Waals surface area contributed by atoms with Gasteiger partial charge >= 0.3 is 0 Å². The van der Waals surface area contributed by atoms with Gasteiger partial charge in [0.05, 0.1) is 12.6 Å². The quantitative estimate of drug-likeness (QED) is 0.261. The number of hydrogen-bond acceptors (Lipinski definition) is 3. The van der Waals surface area contributed by atoms with Crippen molar-refractivity contribution in [3.63, 3.8) is 0 Å². The number of carbonyl (C=O) groups is 1. The second-order valence-electron chi connectivity index (χ2n) is 6.89. The van der Waals surface area contributed by atoms with Crippen LogP contribution in [-0.4, -0.2) is 12.1 Å². The molecular weight excluding hydrogens is 464 g/mol. The minimum atomic E-state index is -0.198. The molecule has 0 aliphatic rings. The van der Waals surface area contributed by atoms with Crippen molar-refractivity contribution in [2.24, 2.45) is 5.10 Å². The molecule has 150 valence electrons. The lowest BCUT2D eigenvalue weighted by molar-refractivity contribution is -0.120. The molecular formula is C24H18BrClN2O2. The number of rotatable bonds is 5. The molecule has 1 amide bonds. The molecule has 1 N–H and O–H groups in total. The molecule has 0 saturated heterocycles. The molecule has 0 saturated carbocycles. The van der Waals surface area contributed by atoms with Crippen LogP contribution in [0.1, 0.15) is 16.9 Å². The standard InChI is InChI=1S/C24H18BrClN2O2/c1-15-6-7-17(12-22(15)26)23-11-9-18(30-23)14-27-28-24(29)13-16-8-10-21(25)20-5-3-2-4-19(16)20/h2-12,14H,13H2,1H3,(H,28,29)/b27-14+. The van der Waals surface area contributed by atoms with E-state index >= 15 is 0 Å². The summed E-state index contributed by atoms with van der Waals surface area (Å²) in [6.45, 7) is 1.95. The number of aryl methyl sites for hydroxylation is 1. The lowest BCUT2D eigenvalue weighted by atomic mass is 10.0. The van der Waals surface area contributed by atoms with Gasteiger partial charge < -0.3 is 4.42 Å². The summed E-state index contributed by atoms with van der Waals surface area (Å²) in [6, 6.07) is 21.3.